The van der Waals surface area contributed by atoms with Crippen LogP contribution < -0.4 is 0 Å². The van der Waals surface area contributed by atoms with Gasteiger partial charge in [0.15, 0.2) is 0 Å². The van der Waals surface area contributed by atoms with E-state index in [2.05, 4.69) is 38.0 Å². The second-order valence-corrected chi connectivity index (χ2v) is 10.2. The van der Waals surface area contributed by atoms with Crippen molar-refractivity contribution >= 4 is 5.78 Å². The maximum atomic E-state index is 12.3. The zero-order chi connectivity index (χ0) is 20.6. The SMILES string of the molecule is C#C[C@]1(O)CCC2C3C(=CC[C@@]21C)[C@@]1(C)CCC(=O)CC1=C[C@H]3c1ccc(C)o1. The van der Waals surface area contributed by atoms with Gasteiger partial charge in [0, 0.05) is 29.6 Å². The fourth-order valence-corrected chi connectivity index (χ4v) is 6.95. The lowest BCUT2D eigenvalue weighted by atomic mass is 9.49. The summed E-state index contributed by atoms with van der Waals surface area (Å²) < 4.78 is 6.11. The van der Waals surface area contributed by atoms with Crippen molar-refractivity contribution in [3.05, 3.63) is 47.0 Å². The van der Waals surface area contributed by atoms with Crippen molar-refractivity contribution in [1.29, 1.82) is 0 Å². The summed E-state index contributed by atoms with van der Waals surface area (Å²) in [7, 11) is 0. The molecule has 1 aromatic rings. The minimum atomic E-state index is -1.06. The van der Waals surface area contributed by atoms with Crippen LogP contribution in [-0.4, -0.2) is 16.5 Å². The fourth-order valence-electron chi connectivity index (χ4n) is 6.95. The van der Waals surface area contributed by atoms with Crippen LogP contribution in [0, 0.1) is 41.9 Å². The Morgan fingerprint density at radius 3 is 2.76 bits per heavy atom. The quantitative estimate of drug-likeness (QED) is 0.536. The van der Waals surface area contributed by atoms with Gasteiger partial charge in [-0.15, -0.1) is 6.42 Å². The summed E-state index contributed by atoms with van der Waals surface area (Å²) in [6.07, 6.45) is 15.0. The number of hydrogen-bond acceptors (Lipinski definition) is 3. The molecule has 1 N–H and O–H groups in total. The van der Waals surface area contributed by atoms with Gasteiger partial charge in [0.25, 0.3) is 0 Å². The summed E-state index contributed by atoms with van der Waals surface area (Å²) >= 11 is 0. The van der Waals surface area contributed by atoms with E-state index in [9.17, 15) is 9.90 Å². The molecule has 29 heavy (non-hydrogen) atoms. The van der Waals surface area contributed by atoms with E-state index in [0.29, 0.717) is 31.0 Å². The number of Topliss-reactive ketones (excluding diaryl/α,β-unsaturated/α-hetero) is 1. The van der Waals surface area contributed by atoms with Gasteiger partial charge in [0.2, 0.25) is 0 Å². The number of aryl methyl sites for hydroxylation is 1. The van der Waals surface area contributed by atoms with Crippen LogP contribution in [0.3, 0.4) is 0 Å². The van der Waals surface area contributed by atoms with E-state index in [0.717, 1.165) is 30.8 Å². The molecule has 4 aliphatic rings. The topological polar surface area (TPSA) is 50.4 Å². The Morgan fingerprint density at radius 2 is 2.07 bits per heavy atom. The summed E-state index contributed by atoms with van der Waals surface area (Å²) in [6, 6.07) is 4.10. The Labute approximate surface area is 173 Å². The number of furan rings is 1. The average Bonchev–Trinajstić information content (AvgIpc) is 3.23. The van der Waals surface area contributed by atoms with Gasteiger partial charge in [-0.25, -0.2) is 0 Å². The van der Waals surface area contributed by atoms with E-state index in [4.69, 9.17) is 10.8 Å². The lowest BCUT2D eigenvalue weighted by Gasteiger charge is -2.55. The smallest absolute Gasteiger partial charge is 0.137 e. The molecular formula is C26H30O3. The Balaban J connectivity index is 1.70. The zero-order valence-electron chi connectivity index (χ0n) is 17.6. The maximum absolute atomic E-state index is 12.3. The number of terminal acetylenes is 1. The largest absolute Gasteiger partial charge is 0.466 e. The van der Waals surface area contributed by atoms with Crippen LogP contribution in [0.25, 0.3) is 0 Å². The van der Waals surface area contributed by atoms with Crippen molar-refractivity contribution < 1.29 is 14.3 Å². The van der Waals surface area contributed by atoms with Crippen molar-refractivity contribution in [2.24, 2.45) is 22.7 Å². The molecule has 1 heterocycles. The number of fused-ring (bicyclic) bond motifs is 5. The summed E-state index contributed by atoms with van der Waals surface area (Å²) in [5.74, 6) is 5.60. The first-order valence-corrected chi connectivity index (χ1v) is 10.9. The van der Waals surface area contributed by atoms with Crippen LogP contribution in [0.15, 0.2) is 39.8 Å². The molecule has 0 spiro atoms. The van der Waals surface area contributed by atoms with E-state index in [-0.39, 0.29) is 22.7 Å². The first kappa shape index (κ1) is 18.9. The molecule has 0 saturated heterocycles. The summed E-state index contributed by atoms with van der Waals surface area (Å²) in [5, 5.41) is 11.3. The standard InChI is InChI=1S/C26H30O3/c1-5-26(28)13-10-21-23-19(22-7-6-16(2)29-22)15-17-14-18(27)8-11-24(17,3)20(23)9-12-25(21,26)4/h1,6-7,9,15,19,21,23,28H,8,10-14H2,2-4H3/t19-,21?,23?,24-,25-,26-/m0/s1. The summed E-state index contributed by atoms with van der Waals surface area (Å²) in [6.45, 7) is 6.47. The van der Waals surface area contributed by atoms with Gasteiger partial charge < -0.3 is 9.52 Å². The third-order valence-electron chi connectivity index (χ3n) is 8.85. The Bertz CT molecular complexity index is 988. The Hall–Kier alpha value is -2.05. The van der Waals surface area contributed by atoms with Gasteiger partial charge in [0.1, 0.15) is 22.9 Å². The second-order valence-electron chi connectivity index (χ2n) is 10.2. The normalized spacial score (nSPS) is 43.6. The van der Waals surface area contributed by atoms with Crippen LogP contribution in [0.4, 0.5) is 0 Å². The molecule has 4 aliphatic carbocycles. The molecule has 0 aromatic carbocycles. The number of carbonyl (C=O) groups is 1. The first-order valence-electron chi connectivity index (χ1n) is 10.9. The molecule has 3 heteroatoms. The summed E-state index contributed by atoms with van der Waals surface area (Å²) in [4.78, 5) is 12.3. The zero-order valence-corrected chi connectivity index (χ0v) is 17.6. The number of ketones is 1. The minimum Gasteiger partial charge on any atom is -0.466 e. The molecule has 2 unspecified atom stereocenters. The first-order chi connectivity index (χ1) is 13.7. The van der Waals surface area contributed by atoms with Gasteiger partial charge in [0.05, 0.1) is 0 Å². The molecule has 2 saturated carbocycles. The molecule has 0 amide bonds. The van der Waals surface area contributed by atoms with Gasteiger partial charge in [-0.1, -0.05) is 43.1 Å². The second kappa shape index (κ2) is 5.99. The molecule has 5 rings (SSSR count). The van der Waals surface area contributed by atoms with Gasteiger partial charge in [-0.3, -0.25) is 4.79 Å². The monoisotopic (exact) mass is 390 g/mol. The molecule has 152 valence electrons. The van der Waals surface area contributed by atoms with E-state index in [1.807, 2.05) is 13.0 Å². The number of carbonyl (C=O) groups excluding carboxylic acids is 1. The molecular weight excluding hydrogens is 360 g/mol. The van der Waals surface area contributed by atoms with Crippen molar-refractivity contribution in [3.8, 4) is 12.3 Å². The van der Waals surface area contributed by atoms with Crippen LogP contribution in [0.2, 0.25) is 0 Å². The van der Waals surface area contributed by atoms with E-state index >= 15 is 0 Å². The highest BCUT2D eigenvalue weighted by Crippen LogP contribution is 2.67. The number of allylic oxidation sites excluding steroid dienone is 4. The van der Waals surface area contributed by atoms with Crippen LogP contribution in [0.5, 0.6) is 0 Å². The third-order valence-corrected chi connectivity index (χ3v) is 8.85. The number of hydrogen-bond donors (Lipinski definition) is 1. The van der Waals surface area contributed by atoms with Crippen molar-refractivity contribution in [2.45, 2.75) is 70.8 Å². The van der Waals surface area contributed by atoms with Crippen molar-refractivity contribution in [3.63, 3.8) is 0 Å². The minimum absolute atomic E-state index is 0.0606. The molecule has 0 radical (unpaired) electrons. The maximum Gasteiger partial charge on any atom is 0.137 e. The highest BCUT2D eigenvalue weighted by molar-refractivity contribution is 5.83. The lowest BCUT2D eigenvalue weighted by molar-refractivity contribution is -0.120. The van der Waals surface area contributed by atoms with E-state index in [1.165, 1.54) is 11.1 Å². The molecule has 2 fully saturated rings. The van der Waals surface area contributed by atoms with Crippen LogP contribution in [-0.2, 0) is 4.79 Å². The van der Waals surface area contributed by atoms with Gasteiger partial charge >= 0.3 is 0 Å². The Kier molecular flexibility index (Phi) is 3.91. The molecule has 3 nitrogen and oxygen atoms in total. The predicted molar refractivity (Wildman–Crippen MR) is 112 cm³/mol. The fraction of sp³-hybridized carbons (Fsp3) is 0.577. The molecule has 1 aromatic heterocycles. The van der Waals surface area contributed by atoms with Gasteiger partial charge in [-0.05, 0) is 56.6 Å². The lowest BCUT2D eigenvalue weighted by Crippen LogP contribution is -2.51. The number of rotatable bonds is 1. The third kappa shape index (κ3) is 2.39. The Morgan fingerprint density at radius 1 is 1.28 bits per heavy atom. The van der Waals surface area contributed by atoms with E-state index in [1.54, 1.807) is 0 Å². The summed E-state index contributed by atoms with van der Waals surface area (Å²) in [5.41, 5.74) is 1.25. The van der Waals surface area contributed by atoms with Gasteiger partial charge in [-0.2, -0.15) is 0 Å². The van der Waals surface area contributed by atoms with Crippen molar-refractivity contribution in [1.82, 2.24) is 0 Å². The highest BCUT2D eigenvalue weighted by Gasteiger charge is 2.63. The van der Waals surface area contributed by atoms with Crippen LogP contribution >= 0.6 is 0 Å². The molecule has 0 aliphatic heterocycles. The average molecular weight is 391 g/mol. The predicted octanol–water partition coefficient (Wildman–Crippen LogP) is 5.10. The van der Waals surface area contributed by atoms with Crippen LogP contribution in [0.1, 0.15) is 69.8 Å². The van der Waals surface area contributed by atoms with E-state index < -0.39 is 5.60 Å². The molecule has 0 bridgehead atoms. The number of aliphatic hydroxyl groups is 1. The molecule has 6 atom stereocenters. The van der Waals surface area contributed by atoms with Crippen molar-refractivity contribution in [2.75, 3.05) is 0 Å². The highest BCUT2D eigenvalue weighted by atomic mass is 16.3.